The molecule has 8 heteroatoms. The number of hydrogen-bond donors (Lipinski definition) is 0. The van der Waals surface area contributed by atoms with Gasteiger partial charge < -0.3 is 9.64 Å². The first-order valence-electron chi connectivity index (χ1n) is 9.93. The normalized spacial score (nSPS) is 25.2. The highest BCUT2D eigenvalue weighted by atomic mass is 16.6. The molecular weight excluding hydrogens is 364 g/mol. The van der Waals surface area contributed by atoms with Crippen molar-refractivity contribution < 1.29 is 28.7 Å². The quantitative estimate of drug-likeness (QED) is 0.534. The average Bonchev–Trinajstić information content (AvgIpc) is 3.09. The molecule has 1 aliphatic carbocycles. The largest absolute Gasteiger partial charge is 0.430 e. The van der Waals surface area contributed by atoms with Crippen LogP contribution in [-0.4, -0.2) is 65.0 Å². The highest BCUT2D eigenvalue weighted by Gasteiger charge is 2.45. The number of ether oxygens (including phenoxy) is 1. The van der Waals surface area contributed by atoms with Gasteiger partial charge in [-0.15, -0.1) is 0 Å². The Bertz CT molecular complexity index is 686. The minimum atomic E-state index is -1.25. The Labute approximate surface area is 164 Å². The summed E-state index contributed by atoms with van der Waals surface area (Å²) in [5.74, 6) is -1.05. The third-order valence-corrected chi connectivity index (χ3v) is 6.02. The van der Waals surface area contributed by atoms with Crippen LogP contribution in [0.4, 0.5) is 4.79 Å². The van der Waals surface area contributed by atoms with E-state index in [1.165, 1.54) is 9.80 Å². The van der Waals surface area contributed by atoms with Crippen LogP contribution in [0, 0.1) is 17.3 Å². The predicted molar refractivity (Wildman–Crippen MR) is 98.1 cm³/mol. The van der Waals surface area contributed by atoms with Gasteiger partial charge in [0, 0.05) is 38.9 Å². The number of amides is 3. The maximum atomic E-state index is 12.6. The molecule has 28 heavy (non-hydrogen) atoms. The number of ketones is 2. The lowest BCUT2D eigenvalue weighted by Crippen LogP contribution is -2.45. The minimum absolute atomic E-state index is 0.0994. The number of rotatable bonds is 3. The summed E-state index contributed by atoms with van der Waals surface area (Å²) in [6, 6.07) is 0. The summed E-state index contributed by atoms with van der Waals surface area (Å²) in [5, 5.41) is 0. The number of imide groups is 1. The van der Waals surface area contributed by atoms with Crippen LogP contribution in [0.3, 0.4) is 0 Å². The molecule has 0 aromatic carbocycles. The standard InChI is InChI=1S/C20H28N2O6/c1-20(2,3)13-10-16(25)22(18(13)26)11-12-6-8-21(9-7-12)19(27)28-17-14(23)4-5-15(17)24/h12-13,17H,4-11H2,1-3H3. The zero-order valence-electron chi connectivity index (χ0n) is 16.7. The molecule has 0 aromatic rings. The number of piperidine rings is 1. The Morgan fingerprint density at radius 3 is 2.11 bits per heavy atom. The van der Waals surface area contributed by atoms with Gasteiger partial charge in [-0.25, -0.2) is 4.79 Å². The van der Waals surface area contributed by atoms with Gasteiger partial charge in [0.15, 0.2) is 11.6 Å². The van der Waals surface area contributed by atoms with Crippen molar-refractivity contribution in [1.29, 1.82) is 0 Å². The van der Waals surface area contributed by atoms with Crippen molar-refractivity contribution >= 4 is 29.5 Å². The van der Waals surface area contributed by atoms with Crippen molar-refractivity contribution in [3.05, 3.63) is 0 Å². The fourth-order valence-corrected chi connectivity index (χ4v) is 4.10. The maximum absolute atomic E-state index is 12.6. The van der Waals surface area contributed by atoms with Crippen molar-refractivity contribution in [3.63, 3.8) is 0 Å². The molecule has 3 aliphatic rings. The zero-order chi connectivity index (χ0) is 20.6. The number of hydrogen-bond acceptors (Lipinski definition) is 6. The lowest BCUT2D eigenvalue weighted by Gasteiger charge is -2.33. The fraction of sp³-hybridized carbons (Fsp3) is 0.750. The zero-order valence-corrected chi connectivity index (χ0v) is 16.7. The van der Waals surface area contributed by atoms with E-state index in [9.17, 15) is 24.0 Å². The molecule has 0 N–H and O–H groups in total. The SMILES string of the molecule is CC(C)(C)C1CC(=O)N(CC2CCN(C(=O)OC3C(=O)CCC3=O)CC2)C1=O. The first-order valence-corrected chi connectivity index (χ1v) is 9.93. The molecule has 0 spiro atoms. The number of nitrogens with zero attached hydrogens (tertiary/aromatic N) is 2. The van der Waals surface area contributed by atoms with E-state index in [2.05, 4.69) is 0 Å². The molecule has 3 fully saturated rings. The summed E-state index contributed by atoms with van der Waals surface area (Å²) >= 11 is 0. The molecule has 1 atom stereocenters. The molecule has 1 unspecified atom stereocenters. The first kappa shape index (κ1) is 20.5. The van der Waals surface area contributed by atoms with E-state index in [0.717, 1.165) is 0 Å². The van der Waals surface area contributed by atoms with E-state index in [-0.39, 0.29) is 59.9 Å². The molecule has 0 bridgehead atoms. The van der Waals surface area contributed by atoms with Gasteiger partial charge in [0.2, 0.25) is 17.9 Å². The first-order chi connectivity index (χ1) is 13.1. The number of likely N-dealkylation sites (tertiary alicyclic amines) is 2. The molecule has 8 nitrogen and oxygen atoms in total. The van der Waals surface area contributed by atoms with Gasteiger partial charge in [-0.2, -0.15) is 0 Å². The molecular formula is C20H28N2O6. The van der Waals surface area contributed by atoms with E-state index in [1.54, 1.807) is 0 Å². The predicted octanol–water partition coefficient (Wildman–Crippen LogP) is 1.56. The Hall–Kier alpha value is -2.25. The van der Waals surface area contributed by atoms with Gasteiger partial charge in [0.05, 0.1) is 5.92 Å². The second-order valence-electron chi connectivity index (χ2n) is 9.09. The van der Waals surface area contributed by atoms with E-state index in [0.29, 0.717) is 32.5 Å². The Morgan fingerprint density at radius 2 is 1.61 bits per heavy atom. The average molecular weight is 392 g/mol. The smallest absolute Gasteiger partial charge is 0.410 e. The second kappa shape index (κ2) is 7.64. The van der Waals surface area contributed by atoms with Gasteiger partial charge in [-0.05, 0) is 24.2 Å². The lowest BCUT2D eigenvalue weighted by molar-refractivity contribution is -0.141. The van der Waals surface area contributed by atoms with Crippen LogP contribution >= 0.6 is 0 Å². The summed E-state index contributed by atoms with van der Waals surface area (Å²) in [4.78, 5) is 63.3. The molecule has 3 rings (SSSR count). The van der Waals surface area contributed by atoms with Crippen molar-refractivity contribution in [2.24, 2.45) is 17.3 Å². The van der Waals surface area contributed by atoms with Crippen LogP contribution < -0.4 is 0 Å². The van der Waals surface area contributed by atoms with E-state index < -0.39 is 12.2 Å². The molecule has 154 valence electrons. The summed E-state index contributed by atoms with van der Waals surface area (Å²) in [7, 11) is 0. The number of carbonyl (C=O) groups is 5. The third-order valence-electron chi connectivity index (χ3n) is 6.02. The van der Waals surface area contributed by atoms with Crippen LogP contribution in [0.25, 0.3) is 0 Å². The number of Topliss-reactive ketones (excluding diaryl/α,β-unsaturated/α-hetero) is 2. The van der Waals surface area contributed by atoms with Crippen LogP contribution in [0.5, 0.6) is 0 Å². The van der Waals surface area contributed by atoms with Gasteiger partial charge in [0.25, 0.3) is 0 Å². The Kier molecular flexibility index (Phi) is 5.59. The van der Waals surface area contributed by atoms with E-state index in [4.69, 9.17) is 4.74 Å². The molecule has 1 saturated carbocycles. The van der Waals surface area contributed by atoms with Crippen molar-refractivity contribution in [3.8, 4) is 0 Å². The maximum Gasteiger partial charge on any atom is 0.410 e. The van der Waals surface area contributed by atoms with Crippen LogP contribution in [-0.2, 0) is 23.9 Å². The molecule has 0 aromatic heterocycles. The lowest BCUT2D eigenvalue weighted by atomic mass is 9.80. The molecule has 3 amide bonds. The molecule has 2 saturated heterocycles. The highest BCUT2D eigenvalue weighted by Crippen LogP contribution is 2.36. The summed E-state index contributed by atoms with van der Waals surface area (Å²) in [6.07, 6.45) is -0.0968. The van der Waals surface area contributed by atoms with E-state index in [1.807, 2.05) is 20.8 Å². The molecule has 0 radical (unpaired) electrons. The van der Waals surface area contributed by atoms with Crippen LogP contribution in [0.2, 0.25) is 0 Å². The van der Waals surface area contributed by atoms with Crippen LogP contribution in [0.15, 0.2) is 0 Å². The van der Waals surface area contributed by atoms with E-state index >= 15 is 0 Å². The fourth-order valence-electron chi connectivity index (χ4n) is 4.10. The van der Waals surface area contributed by atoms with Gasteiger partial charge in [0.1, 0.15) is 0 Å². The Morgan fingerprint density at radius 1 is 1.04 bits per heavy atom. The van der Waals surface area contributed by atoms with Crippen LogP contribution in [0.1, 0.15) is 52.9 Å². The van der Waals surface area contributed by atoms with Crippen molar-refractivity contribution in [2.45, 2.75) is 59.0 Å². The second-order valence-corrected chi connectivity index (χ2v) is 9.09. The summed E-state index contributed by atoms with van der Waals surface area (Å²) < 4.78 is 5.10. The monoisotopic (exact) mass is 392 g/mol. The highest BCUT2D eigenvalue weighted by molar-refractivity contribution is 6.12. The van der Waals surface area contributed by atoms with Gasteiger partial charge in [-0.3, -0.25) is 24.1 Å². The van der Waals surface area contributed by atoms with Gasteiger partial charge >= 0.3 is 6.09 Å². The molecule has 2 aliphatic heterocycles. The topological polar surface area (TPSA) is 101 Å². The summed E-state index contributed by atoms with van der Waals surface area (Å²) in [6.45, 7) is 7.12. The van der Waals surface area contributed by atoms with Gasteiger partial charge in [-0.1, -0.05) is 20.8 Å². The van der Waals surface area contributed by atoms with Crippen molar-refractivity contribution in [1.82, 2.24) is 9.80 Å². The molecule has 2 heterocycles. The van der Waals surface area contributed by atoms with Crippen molar-refractivity contribution in [2.75, 3.05) is 19.6 Å². The Balaban J connectivity index is 1.50. The summed E-state index contributed by atoms with van der Waals surface area (Å²) in [5.41, 5.74) is -0.246. The minimum Gasteiger partial charge on any atom is -0.430 e. The third kappa shape index (κ3) is 4.10. The number of carbonyl (C=O) groups excluding carboxylic acids is 5.